The number of aliphatic hydroxyl groups excluding tert-OH is 6. The highest BCUT2D eigenvalue weighted by Crippen LogP contribution is 2.29. The van der Waals surface area contributed by atoms with Crippen molar-refractivity contribution >= 4 is 6.21 Å². The molecule has 7 N–H and O–H groups in total. The molecular formula is C13H23NO10. The number of hydrogen-bond donors (Lipinski definition) is 7. The highest BCUT2D eigenvalue weighted by atomic mass is 16.8. The van der Waals surface area contributed by atoms with Crippen molar-refractivity contribution in [2.45, 2.75) is 61.4 Å². The summed E-state index contributed by atoms with van der Waals surface area (Å²) < 4.78 is 20.8. The fraction of sp³-hybridized carbons (Fsp3) is 0.923. The van der Waals surface area contributed by atoms with Crippen LogP contribution in [0.25, 0.3) is 0 Å². The molecule has 0 amide bonds. The van der Waals surface area contributed by atoms with Gasteiger partial charge in [-0.2, -0.15) is 0 Å². The zero-order valence-electron chi connectivity index (χ0n) is 12.9. The molecule has 10 atom stereocenters. The SMILES string of the molecule is COC1OC(CO)[C@@H](O)[C@@H](O)C1O[C@@H]1OC(C=N)[C@@H](O)C(O)[C@@H]1O. The van der Waals surface area contributed by atoms with Crippen LogP contribution in [0.15, 0.2) is 0 Å². The minimum atomic E-state index is -1.67. The molecule has 2 saturated heterocycles. The van der Waals surface area contributed by atoms with Crippen LogP contribution < -0.4 is 0 Å². The van der Waals surface area contributed by atoms with Gasteiger partial charge in [0.15, 0.2) is 12.6 Å². The van der Waals surface area contributed by atoms with E-state index >= 15 is 0 Å². The molecule has 0 aromatic rings. The van der Waals surface area contributed by atoms with Crippen LogP contribution in [0.5, 0.6) is 0 Å². The van der Waals surface area contributed by atoms with Crippen molar-refractivity contribution in [3.63, 3.8) is 0 Å². The Hall–Kier alpha value is -0.730. The summed E-state index contributed by atoms with van der Waals surface area (Å²) in [5.74, 6) is 0. The van der Waals surface area contributed by atoms with E-state index in [1.807, 2.05) is 0 Å². The lowest BCUT2D eigenvalue weighted by atomic mass is 9.97. The van der Waals surface area contributed by atoms with Gasteiger partial charge < -0.3 is 55.0 Å². The van der Waals surface area contributed by atoms with Crippen molar-refractivity contribution in [3.8, 4) is 0 Å². The minimum absolute atomic E-state index is 0.561. The van der Waals surface area contributed by atoms with Crippen molar-refractivity contribution < 1.29 is 49.6 Å². The summed E-state index contributed by atoms with van der Waals surface area (Å²) in [5, 5.41) is 65.8. The second-order valence-electron chi connectivity index (χ2n) is 5.65. The molecule has 0 aromatic carbocycles. The van der Waals surface area contributed by atoms with E-state index in [-0.39, 0.29) is 0 Å². The van der Waals surface area contributed by atoms with Crippen LogP contribution in [0, 0.1) is 5.41 Å². The normalized spacial score (nSPS) is 49.8. The number of rotatable bonds is 5. The number of ether oxygens (including phenoxy) is 4. The van der Waals surface area contributed by atoms with Gasteiger partial charge in [0.25, 0.3) is 0 Å². The van der Waals surface area contributed by atoms with Gasteiger partial charge in [-0.1, -0.05) is 0 Å². The molecule has 2 heterocycles. The molecule has 0 aliphatic carbocycles. The molecule has 24 heavy (non-hydrogen) atoms. The van der Waals surface area contributed by atoms with Crippen LogP contribution in [0.3, 0.4) is 0 Å². The zero-order chi connectivity index (χ0) is 18.0. The van der Waals surface area contributed by atoms with Crippen molar-refractivity contribution in [3.05, 3.63) is 0 Å². The van der Waals surface area contributed by atoms with E-state index < -0.39 is 68.0 Å². The third-order valence-corrected chi connectivity index (χ3v) is 4.12. The molecule has 2 fully saturated rings. The molecule has 2 aliphatic rings. The molecule has 0 aromatic heterocycles. The predicted octanol–water partition coefficient (Wildman–Crippen LogP) is -4.09. The maximum atomic E-state index is 10.2. The topological polar surface area (TPSA) is 182 Å². The van der Waals surface area contributed by atoms with Gasteiger partial charge in [0.2, 0.25) is 0 Å². The van der Waals surface area contributed by atoms with Crippen LogP contribution >= 0.6 is 0 Å². The Morgan fingerprint density at radius 2 is 1.58 bits per heavy atom. The van der Waals surface area contributed by atoms with Gasteiger partial charge in [-0.3, -0.25) is 0 Å². The molecular weight excluding hydrogens is 330 g/mol. The maximum absolute atomic E-state index is 10.2. The average Bonchev–Trinajstić information content (AvgIpc) is 2.59. The van der Waals surface area contributed by atoms with Gasteiger partial charge in [0.1, 0.15) is 48.8 Å². The molecule has 140 valence electrons. The van der Waals surface area contributed by atoms with E-state index in [1.54, 1.807) is 0 Å². The summed E-state index contributed by atoms with van der Waals surface area (Å²) >= 11 is 0. The van der Waals surface area contributed by atoms with E-state index in [2.05, 4.69) is 0 Å². The number of methoxy groups -OCH3 is 1. The second-order valence-corrected chi connectivity index (χ2v) is 5.65. The molecule has 11 heteroatoms. The largest absolute Gasteiger partial charge is 0.394 e. The van der Waals surface area contributed by atoms with Crippen LogP contribution in [0.2, 0.25) is 0 Å². The van der Waals surface area contributed by atoms with Crippen molar-refractivity contribution in [2.24, 2.45) is 0 Å². The molecule has 0 bridgehead atoms. The van der Waals surface area contributed by atoms with Crippen LogP contribution in [-0.2, 0) is 18.9 Å². The number of hydrogen-bond acceptors (Lipinski definition) is 11. The van der Waals surface area contributed by atoms with E-state index in [9.17, 15) is 25.5 Å². The zero-order valence-corrected chi connectivity index (χ0v) is 12.9. The van der Waals surface area contributed by atoms with E-state index in [0.29, 0.717) is 0 Å². The highest BCUT2D eigenvalue weighted by molar-refractivity contribution is 5.60. The monoisotopic (exact) mass is 353 g/mol. The van der Waals surface area contributed by atoms with Crippen molar-refractivity contribution in [1.29, 1.82) is 5.41 Å². The number of nitrogens with one attached hydrogen (secondary N) is 1. The smallest absolute Gasteiger partial charge is 0.187 e. The van der Waals surface area contributed by atoms with Gasteiger partial charge in [-0.05, 0) is 0 Å². The summed E-state index contributed by atoms with van der Waals surface area (Å²) in [6.45, 7) is -0.561. The summed E-state index contributed by atoms with van der Waals surface area (Å²) in [6.07, 6.45) is -13.5. The fourth-order valence-electron chi connectivity index (χ4n) is 2.67. The molecule has 0 spiro atoms. The highest BCUT2D eigenvalue weighted by Gasteiger charge is 2.50. The summed E-state index contributed by atoms with van der Waals surface area (Å²) in [5.41, 5.74) is 0. The molecule has 11 nitrogen and oxygen atoms in total. The summed E-state index contributed by atoms with van der Waals surface area (Å²) in [4.78, 5) is 0. The van der Waals surface area contributed by atoms with Crippen molar-refractivity contribution in [2.75, 3.05) is 13.7 Å². The van der Waals surface area contributed by atoms with E-state index in [4.69, 9.17) is 29.5 Å². The third-order valence-electron chi connectivity index (χ3n) is 4.12. The standard InChI is InChI=1S/C13H23NO10/c1-21-13-11(9(19)7(17)5(3-15)23-13)24-12-10(20)8(18)6(16)4(2-14)22-12/h2,4-20H,3H2,1H3/t4?,5?,6-,7-,8?,9-,10+,11?,12+,13?/m1/s1. The lowest BCUT2D eigenvalue weighted by molar-refractivity contribution is -0.357. The van der Waals surface area contributed by atoms with Gasteiger partial charge in [-0.15, -0.1) is 0 Å². The first-order valence-corrected chi connectivity index (χ1v) is 7.36. The first-order chi connectivity index (χ1) is 11.3. The Morgan fingerprint density at radius 3 is 2.12 bits per heavy atom. The second kappa shape index (κ2) is 8.10. The average molecular weight is 353 g/mol. The minimum Gasteiger partial charge on any atom is -0.394 e. The van der Waals surface area contributed by atoms with E-state index in [0.717, 1.165) is 6.21 Å². The number of aliphatic hydroxyl groups is 6. The lowest BCUT2D eigenvalue weighted by Gasteiger charge is -2.45. The summed E-state index contributed by atoms with van der Waals surface area (Å²) in [7, 11) is 1.25. The van der Waals surface area contributed by atoms with Gasteiger partial charge in [0.05, 0.1) is 6.61 Å². The molecule has 2 rings (SSSR count). The Labute approximate surface area is 137 Å². The third kappa shape index (κ3) is 3.60. The molecule has 0 radical (unpaired) electrons. The Kier molecular flexibility index (Phi) is 6.61. The van der Waals surface area contributed by atoms with Gasteiger partial charge in [-0.25, -0.2) is 0 Å². The van der Waals surface area contributed by atoms with Gasteiger partial charge >= 0.3 is 0 Å². The molecule has 2 aliphatic heterocycles. The predicted molar refractivity (Wildman–Crippen MR) is 75.1 cm³/mol. The van der Waals surface area contributed by atoms with Crippen LogP contribution in [0.1, 0.15) is 0 Å². The van der Waals surface area contributed by atoms with Crippen LogP contribution in [0.4, 0.5) is 0 Å². The van der Waals surface area contributed by atoms with Gasteiger partial charge in [0, 0.05) is 13.3 Å². The first-order valence-electron chi connectivity index (χ1n) is 7.36. The van der Waals surface area contributed by atoms with Crippen LogP contribution in [-0.4, -0.2) is 112 Å². The fourth-order valence-corrected chi connectivity index (χ4v) is 2.67. The Morgan fingerprint density at radius 1 is 0.917 bits per heavy atom. The molecule has 5 unspecified atom stereocenters. The van der Waals surface area contributed by atoms with E-state index in [1.165, 1.54) is 7.11 Å². The first kappa shape index (κ1) is 19.6. The van der Waals surface area contributed by atoms with Crippen molar-refractivity contribution in [1.82, 2.24) is 0 Å². The maximum Gasteiger partial charge on any atom is 0.187 e. The lowest BCUT2D eigenvalue weighted by Crippen LogP contribution is -2.64. The molecule has 0 saturated carbocycles. The Bertz CT molecular complexity index is 424. The summed E-state index contributed by atoms with van der Waals surface area (Å²) in [6, 6.07) is 0. The Balaban J connectivity index is 2.13. The quantitative estimate of drug-likeness (QED) is 0.240.